The zero-order chi connectivity index (χ0) is 9.14. The average molecular weight is 191 g/mol. The van der Waals surface area contributed by atoms with E-state index in [2.05, 4.69) is 5.32 Å². The molecule has 5 nitrogen and oxygen atoms in total. The van der Waals surface area contributed by atoms with Gasteiger partial charge in [0.2, 0.25) is 0 Å². The largest absolute Gasteiger partial charge is 0.480 e. The Labute approximate surface area is 73.1 Å². The van der Waals surface area contributed by atoms with E-state index in [0.29, 0.717) is 13.1 Å². The zero-order valence-corrected chi connectivity index (χ0v) is 7.00. The van der Waals surface area contributed by atoms with Crippen LogP contribution >= 0.6 is 11.8 Å². The van der Waals surface area contributed by atoms with E-state index in [0.717, 1.165) is 11.8 Å². The fourth-order valence-corrected chi connectivity index (χ4v) is 1.99. The SMILES string of the molecule is O=C(O)C1CNCC(C(=O)O)S1. The highest BCUT2D eigenvalue weighted by atomic mass is 32.2. The van der Waals surface area contributed by atoms with Gasteiger partial charge in [0.05, 0.1) is 0 Å². The van der Waals surface area contributed by atoms with E-state index in [1.807, 2.05) is 0 Å². The van der Waals surface area contributed by atoms with Crippen LogP contribution in [0, 0.1) is 0 Å². The summed E-state index contributed by atoms with van der Waals surface area (Å²) in [7, 11) is 0. The smallest absolute Gasteiger partial charge is 0.317 e. The van der Waals surface area contributed by atoms with Crippen LogP contribution < -0.4 is 5.32 Å². The number of carboxylic acid groups (broad SMARTS) is 2. The molecule has 2 atom stereocenters. The molecule has 1 fully saturated rings. The number of hydrogen-bond acceptors (Lipinski definition) is 4. The van der Waals surface area contributed by atoms with Crippen LogP contribution in [0.25, 0.3) is 0 Å². The molecule has 1 aliphatic rings. The fourth-order valence-electron chi connectivity index (χ4n) is 0.931. The molecular formula is C6H9NO4S. The highest BCUT2D eigenvalue weighted by Crippen LogP contribution is 2.21. The molecule has 1 saturated heterocycles. The predicted octanol–water partition coefficient (Wildman–Crippen LogP) is -0.771. The summed E-state index contributed by atoms with van der Waals surface area (Å²) in [5, 5.41) is 18.7. The Bertz CT molecular complexity index is 188. The van der Waals surface area contributed by atoms with Crippen molar-refractivity contribution < 1.29 is 19.8 Å². The average Bonchev–Trinajstić information content (AvgIpc) is 2.04. The standard InChI is InChI=1S/C6H9NO4S/c8-5(9)3-1-7-2-4(12-3)6(10)11/h3-4,7H,1-2H2,(H,8,9)(H,10,11). The molecule has 0 amide bonds. The lowest BCUT2D eigenvalue weighted by molar-refractivity contribution is -0.136. The van der Waals surface area contributed by atoms with Gasteiger partial charge in [0.15, 0.2) is 0 Å². The maximum atomic E-state index is 10.5. The molecule has 1 aliphatic heterocycles. The van der Waals surface area contributed by atoms with Crippen molar-refractivity contribution in [1.82, 2.24) is 5.32 Å². The molecule has 0 aromatic heterocycles. The number of nitrogens with one attached hydrogen (secondary N) is 1. The molecular weight excluding hydrogens is 182 g/mol. The summed E-state index contributed by atoms with van der Waals surface area (Å²) < 4.78 is 0. The van der Waals surface area contributed by atoms with Gasteiger partial charge in [0.1, 0.15) is 10.5 Å². The second kappa shape index (κ2) is 3.77. The lowest BCUT2D eigenvalue weighted by Crippen LogP contribution is -2.44. The maximum absolute atomic E-state index is 10.5. The summed E-state index contributed by atoms with van der Waals surface area (Å²) >= 11 is 0.986. The highest BCUT2D eigenvalue weighted by molar-refractivity contribution is 8.02. The first-order valence-electron chi connectivity index (χ1n) is 3.43. The first kappa shape index (κ1) is 9.34. The van der Waals surface area contributed by atoms with Crippen molar-refractivity contribution in [1.29, 1.82) is 0 Å². The third kappa shape index (κ3) is 2.12. The van der Waals surface area contributed by atoms with Gasteiger partial charge in [-0.15, -0.1) is 11.8 Å². The summed E-state index contributed by atoms with van der Waals surface area (Å²) in [5.74, 6) is -1.92. The van der Waals surface area contributed by atoms with E-state index in [4.69, 9.17) is 10.2 Å². The van der Waals surface area contributed by atoms with Gasteiger partial charge in [-0.25, -0.2) is 0 Å². The second-order valence-electron chi connectivity index (χ2n) is 2.45. The molecule has 0 saturated carbocycles. The third-order valence-electron chi connectivity index (χ3n) is 1.54. The van der Waals surface area contributed by atoms with Crippen LogP contribution in [-0.4, -0.2) is 45.7 Å². The molecule has 3 N–H and O–H groups in total. The van der Waals surface area contributed by atoms with E-state index in [1.54, 1.807) is 0 Å². The van der Waals surface area contributed by atoms with Gasteiger partial charge in [0.25, 0.3) is 0 Å². The van der Waals surface area contributed by atoms with Gasteiger partial charge >= 0.3 is 11.9 Å². The van der Waals surface area contributed by atoms with Gasteiger partial charge in [-0.05, 0) is 0 Å². The van der Waals surface area contributed by atoms with E-state index in [1.165, 1.54) is 0 Å². The van der Waals surface area contributed by atoms with Crippen molar-refractivity contribution in [3.8, 4) is 0 Å². The van der Waals surface area contributed by atoms with Crippen LogP contribution in [-0.2, 0) is 9.59 Å². The van der Waals surface area contributed by atoms with Crippen LogP contribution in [0.3, 0.4) is 0 Å². The number of carbonyl (C=O) groups is 2. The number of hydrogen-bond donors (Lipinski definition) is 3. The van der Waals surface area contributed by atoms with E-state index >= 15 is 0 Å². The summed E-state index contributed by atoms with van der Waals surface area (Å²) in [6.07, 6.45) is 0. The second-order valence-corrected chi connectivity index (χ2v) is 3.86. The summed E-state index contributed by atoms with van der Waals surface area (Å²) in [4.78, 5) is 20.9. The molecule has 1 rings (SSSR count). The molecule has 0 spiro atoms. The monoisotopic (exact) mass is 191 g/mol. The van der Waals surface area contributed by atoms with Crippen LogP contribution in [0.5, 0.6) is 0 Å². The number of rotatable bonds is 2. The minimum atomic E-state index is -0.960. The molecule has 0 aromatic rings. The van der Waals surface area contributed by atoms with Crippen LogP contribution in [0.2, 0.25) is 0 Å². The number of carboxylic acids is 2. The van der Waals surface area contributed by atoms with Crippen molar-refractivity contribution in [3.63, 3.8) is 0 Å². The molecule has 12 heavy (non-hydrogen) atoms. The van der Waals surface area contributed by atoms with Gasteiger partial charge < -0.3 is 15.5 Å². The van der Waals surface area contributed by atoms with Gasteiger partial charge in [0, 0.05) is 13.1 Å². The quantitative estimate of drug-likeness (QED) is 0.531. The topological polar surface area (TPSA) is 86.6 Å². The Balaban J connectivity index is 2.51. The first-order chi connectivity index (χ1) is 5.61. The molecule has 1 heterocycles. The summed E-state index contributed by atoms with van der Waals surface area (Å²) in [6, 6.07) is 0. The number of thioether (sulfide) groups is 1. The van der Waals surface area contributed by atoms with Gasteiger partial charge in [-0.2, -0.15) is 0 Å². The van der Waals surface area contributed by atoms with Crippen molar-refractivity contribution in [2.24, 2.45) is 0 Å². The molecule has 0 aliphatic carbocycles. The van der Waals surface area contributed by atoms with Gasteiger partial charge in [-0.3, -0.25) is 9.59 Å². The van der Waals surface area contributed by atoms with Crippen LogP contribution in [0.15, 0.2) is 0 Å². The van der Waals surface area contributed by atoms with Crippen molar-refractivity contribution >= 4 is 23.7 Å². The maximum Gasteiger partial charge on any atom is 0.317 e. The Morgan fingerprint density at radius 2 is 1.58 bits per heavy atom. The Kier molecular flexibility index (Phi) is 2.93. The lowest BCUT2D eigenvalue weighted by Gasteiger charge is -2.23. The lowest BCUT2D eigenvalue weighted by atomic mass is 10.3. The minimum Gasteiger partial charge on any atom is -0.480 e. The Morgan fingerprint density at radius 1 is 1.17 bits per heavy atom. The minimum absolute atomic E-state index is 0.337. The van der Waals surface area contributed by atoms with Gasteiger partial charge in [-0.1, -0.05) is 0 Å². The van der Waals surface area contributed by atoms with Crippen LogP contribution in [0.4, 0.5) is 0 Å². The molecule has 68 valence electrons. The molecule has 0 aromatic carbocycles. The van der Waals surface area contributed by atoms with Crippen molar-refractivity contribution in [2.45, 2.75) is 10.5 Å². The molecule has 6 heteroatoms. The molecule has 2 unspecified atom stereocenters. The van der Waals surface area contributed by atoms with E-state index in [9.17, 15) is 9.59 Å². The fraction of sp³-hybridized carbons (Fsp3) is 0.667. The summed E-state index contributed by atoms with van der Waals surface area (Å²) in [6.45, 7) is 0.674. The zero-order valence-electron chi connectivity index (χ0n) is 6.19. The van der Waals surface area contributed by atoms with Crippen molar-refractivity contribution in [2.75, 3.05) is 13.1 Å². The van der Waals surface area contributed by atoms with Crippen LogP contribution in [0.1, 0.15) is 0 Å². The highest BCUT2D eigenvalue weighted by Gasteiger charge is 2.31. The number of aliphatic carboxylic acids is 2. The third-order valence-corrected chi connectivity index (χ3v) is 2.93. The first-order valence-corrected chi connectivity index (χ1v) is 4.37. The van der Waals surface area contributed by atoms with Crippen molar-refractivity contribution in [3.05, 3.63) is 0 Å². The van der Waals surface area contributed by atoms with E-state index in [-0.39, 0.29) is 0 Å². The molecule has 0 bridgehead atoms. The predicted molar refractivity (Wildman–Crippen MR) is 43.3 cm³/mol. The normalized spacial score (nSPS) is 29.7. The van der Waals surface area contributed by atoms with E-state index < -0.39 is 22.4 Å². The Hall–Kier alpha value is -0.750. The Morgan fingerprint density at radius 3 is 1.92 bits per heavy atom. The molecule has 0 radical (unpaired) electrons. The summed E-state index contributed by atoms with van der Waals surface area (Å²) in [5.41, 5.74) is 0.